The second-order valence-corrected chi connectivity index (χ2v) is 5.50. The van der Waals surface area contributed by atoms with E-state index in [1.54, 1.807) is 6.92 Å². The third-order valence-corrected chi connectivity index (χ3v) is 3.97. The molecule has 108 valence electrons. The molecule has 0 spiro atoms. The van der Waals surface area contributed by atoms with E-state index in [2.05, 4.69) is 10.5 Å². The topological polar surface area (TPSA) is 61.7 Å². The van der Waals surface area contributed by atoms with E-state index in [0.717, 1.165) is 23.6 Å². The van der Waals surface area contributed by atoms with E-state index in [1.165, 1.54) is 25.7 Å². The van der Waals surface area contributed by atoms with Gasteiger partial charge in [-0.25, -0.2) is 0 Å². The fourth-order valence-electron chi connectivity index (χ4n) is 2.74. The van der Waals surface area contributed by atoms with Gasteiger partial charge in [0.05, 0.1) is 5.71 Å². The number of oxime groups is 1. The first-order valence-corrected chi connectivity index (χ1v) is 7.28. The predicted octanol–water partition coefficient (Wildman–Crippen LogP) is 3.79. The first-order chi connectivity index (χ1) is 9.69. The fourth-order valence-corrected chi connectivity index (χ4v) is 2.74. The number of nitrogens with zero attached hydrogens (tertiary/aromatic N) is 1. The Labute approximate surface area is 119 Å². The molecule has 1 saturated carbocycles. The highest BCUT2D eigenvalue weighted by Gasteiger charge is 2.16. The van der Waals surface area contributed by atoms with Crippen LogP contribution in [-0.4, -0.2) is 16.8 Å². The molecule has 0 heterocycles. The van der Waals surface area contributed by atoms with Crippen LogP contribution in [0.1, 0.15) is 51.0 Å². The zero-order valence-corrected chi connectivity index (χ0v) is 11.9. The number of hydrogen-bond donors (Lipinski definition) is 2. The number of hydrogen-bond acceptors (Lipinski definition) is 3. The fraction of sp³-hybridized carbons (Fsp3) is 0.500. The standard InChI is InChI=1S/C16H22N2O2/c1-12(18-20)14-7-4-8-15(11-14)17-16(19)10-9-13-5-2-3-6-13/h4,7-8,11,13,20H,2-3,5-6,9-10H2,1H3,(H,17,19)/b18-12+. The van der Waals surface area contributed by atoms with Gasteiger partial charge in [0.2, 0.25) is 5.91 Å². The first kappa shape index (κ1) is 14.6. The normalized spacial score (nSPS) is 16.4. The lowest BCUT2D eigenvalue weighted by Crippen LogP contribution is -2.13. The highest BCUT2D eigenvalue weighted by molar-refractivity contribution is 6.00. The van der Waals surface area contributed by atoms with Crippen molar-refractivity contribution >= 4 is 17.3 Å². The van der Waals surface area contributed by atoms with Gasteiger partial charge in [-0.15, -0.1) is 0 Å². The lowest BCUT2D eigenvalue weighted by atomic mass is 10.0. The lowest BCUT2D eigenvalue weighted by Gasteiger charge is -2.10. The van der Waals surface area contributed by atoms with Gasteiger partial charge in [-0.1, -0.05) is 43.0 Å². The van der Waals surface area contributed by atoms with E-state index in [9.17, 15) is 4.79 Å². The van der Waals surface area contributed by atoms with E-state index in [-0.39, 0.29) is 5.91 Å². The van der Waals surface area contributed by atoms with E-state index in [1.807, 2.05) is 24.3 Å². The number of anilines is 1. The Morgan fingerprint density at radius 2 is 2.15 bits per heavy atom. The number of carbonyl (C=O) groups is 1. The molecule has 0 unspecified atom stereocenters. The summed E-state index contributed by atoms with van der Waals surface area (Å²) in [5.74, 6) is 0.795. The van der Waals surface area contributed by atoms with E-state index < -0.39 is 0 Å². The maximum absolute atomic E-state index is 11.9. The minimum Gasteiger partial charge on any atom is -0.411 e. The van der Waals surface area contributed by atoms with Crippen molar-refractivity contribution in [2.24, 2.45) is 11.1 Å². The van der Waals surface area contributed by atoms with Gasteiger partial charge in [0.15, 0.2) is 0 Å². The van der Waals surface area contributed by atoms with Crippen LogP contribution in [0, 0.1) is 5.92 Å². The van der Waals surface area contributed by atoms with Gasteiger partial charge >= 0.3 is 0 Å². The smallest absolute Gasteiger partial charge is 0.224 e. The predicted molar refractivity (Wildman–Crippen MR) is 80.3 cm³/mol. The summed E-state index contributed by atoms with van der Waals surface area (Å²) in [6, 6.07) is 7.37. The van der Waals surface area contributed by atoms with Crippen LogP contribution in [-0.2, 0) is 4.79 Å². The van der Waals surface area contributed by atoms with Crippen molar-refractivity contribution in [1.82, 2.24) is 0 Å². The number of amides is 1. The van der Waals surface area contributed by atoms with Crippen LogP contribution >= 0.6 is 0 Å². The van der Waals surface area contributed by atoms with Gasteiger partial charge in [-0.05, 0) is 31.4 Å². The van der Waals surface area contributed by atoms with Crippen molar-refractivity contribution < 1.29 is 10.0 Å². The molecule has 0 saturated heterocycles. The lowest BCUT2D eigenvalue weighted by molar-refractivity contribution is -0.116. The summed E-state index contributed by atoms with van der Waals surface area (Å²) < 4.78 is 0. The molecule has 20 heavy (non-hydrogen) atoms. The average Bonchev–Trinajstić information content (AvgIpc) is 2.98. The van der Waals surface area contributed by atoms with Crippen LogP contribution in [0.4, 0.5) is 5.69 Å². The van der Waals surface area contributed by atoms with Crippen molar-refractivity contribution in [3.63, 3.8) is 0 Å². The maximum Gasteiger partial charge on any atom is 0.224 e. The number of benzene rings is 1. The largest absolute Gasteiger partial charge is 0.411 e. The summed E-state index contributed by atoms with van der Waals surface area (Å²) in [5, 5.41) is 14.8. The summed E-state index contributed by atoms with van der Waals surface area (Å²) in [7, 11) is 0. The zero-order valence-electron chi connectivity index (χ0n) is 11.9. The molecule has 0 bridgehead atoms. The molecule has 2 N–H and O–H groups in total. The number of carbonyl (C=O) groups excluding carboxylic acids is 1. The minimum absolute atomic E-state index is 0.0626. The molecular formula is C16H22N2O2. The van der Waals surface area contributed by atoms with Crippen LogP contribution < -0.4 is 5.32 Å². The Morgan fingerprint density at radius 1 is 1.40 bits per heavy atom. The molecule has 0 aromatic heterocycles. The Morgan fingerprint density at radius 3 is 2.85 bits per heavy atom. The molecule has 1 aliphatic rings. The molecule has 4 nitrogen and oxygen atoms in total. The van der Waals surface area contributed by atoms with Gasteiger partial charge in [0, 0.05) is 17.7 Å². The molecule has 4 heteroatoms. The summed E-state index contributed by atoms with van der Waals surface area (Å²) in [4.78, 5) is 11.9. The first-order valence-electron chi connectivity index (χ1n) is 7.28. The van der Waals surface area contributed by atoms with Gasteiger partial charge in [0.25, 0.3) is 0 Å². The number of nitrogens with one attached hydrogen (secondary N) is 1. The Balaban J connectivity index is 1.87. The average molecular weight is 274 g/mol. The van der Waals surface area contributed by atoms with Crippen LogP contribution in [0.3, 0.4) is 0 Å². The summed E-state index contributed by atoms with van der Waals surface area (Å²) in [5.41, 5.74) is 2.09. The van der Waals surface area contributed by atoms with Crippen molar-refractivity contribution in [3.05, 3.63) is 29.8 Å². The Kier molecular flexibility index (Phi) is 5.16. The molecule has 2 rings (SSSR count). The molecular weight excluding hydrogens is 252 g/mol. The third kappa shape index (κ3) is 4.08. The van der Waals surface area contributed by atoms with E-state index in [4.69, 9.17) is 5.21 Å². The maximum atomic E-state index is 11.9. The quantitative estimate of drug-likeness (QED) is 0.487. The minimum atomic E-state index is 0.0626. The Hall–Kier alpha value is -1.84. The second-order valence-electron chi connectivity index (χ2n) is 5.50. The molecule has 1 fully saturated rings. The van der Waals surface area contributed by atoms with Crippen LogP contribution in [0.2, 0.25) is 0 Å². The van der Waals surface area contributed by atoms with Crippen LogP contribution in [0.25, 0.3) is 0 Å². The van der Waals surface area contributed by atoms with Gasteiger partial charge < -0.3 is 10.5 Å². The van der Waals surface area contributed by atoms with Gasteiger partial charge in [-0.2, -0.15) is 0 Å². The van der Waals surface area contributed by atoms with E-state index >= 15 is 0 Å². The van der Waals surface area contributed by atoms with Crippen molar-refractivity contribution in [2.75, 3.05) is 5.32 Å². The summed E-state index contributed by atoms with van der Waals surface area (Å²) in [6.45, 7) is 1.72. The second kappa shape index (κ2) is 7.08. The van der Waals surface area contributed by atoms with E-state index in [0.29, 0.717) is 12.1 Å². The van der Waals surface area contributed by atoms with Crippen LogP contribution in [0.15, 0.2) is 29.4 Å². The van der Waals surface area contributed by atoms with Crippen molar-refractivity contribution in [2.45, 2.75) is 45.4 Å². The Bertz CT molecular complexity index is 491. The summed E-state index contributed by atoms with van der Waals surface area (Å²) in [6.07, 6.45) is 6.75. The molecule has 1 aromatic carbocycles. The highest BCUT2D eigenvalue weighted by atomic mass is 16.4. The SMILES string of the molecule is C/C(=N\O)c1cccc(NC(=O)CCC2CCCC2)c1. The zero-order chi connectivity index (χ0) is 14.4. The van der Waals surface area contributed by atoms with Crippen molar-refractivity contribution in [3.8, 4) is 0 Å². The van der Waals surface area contributed by atoms with Crippen LogP contribution in [0.5, 0.6) is 0 Å². The van der Waals surface area contributed by atoms with Gasteiger partial charge in [0.1, 0.15) is 0 Å². The molecule has 0 aliphatic heterocycles. The monoisotopic (exact) mass is 274 g/mol. The third-order valence-electron chi connectivity index (χ3n) is 3.97. The van der Waals surface area contributed by atoms with Gasteiger partial charge in [-0.3, -0.25) is 4.79 Å². The summed E-state index contributed by atoms with van der Waals surface area (Å²) >= 11 is 0. The molecule has 0 atom stereocenters. The number of rotatable bonds is 5. The molecule has 1 aliphatic carbocycles. The molecule has 0 radical (unpaired) electrons. The molecule has 1 aromatic rings. The highest BCUT2D eigenvalue weighted by Crippen LogP contribution is 2.28. The molecule has 1 amide bonds. The van der Waals surface area contributed by atoms with Crippen molar-refractivity contribution in [1.29, 1.82) is 0 Å².